The highest BCUT2D eigenvalue weighted by Gasteiger charge is 2.18. The van der Waals surface area contributed by atoms with E-state index in [1.807, 2.05) is 13.8 Å². The van der Waals surface area contributed by atoms with Crippen LogP contribution in [-0.2, 0) is 0 Å². The number of likely N-dealkylation sites (tertiary alicyclic amines) is 1. The largest absolute Gasteiger partial charge is 0.461 e. The first kappa shape index (κ1) is 15.8. The van der Waals surface area contributed by atoms with Crippen LogP contribution in [0.15, 0.2) is 0 Å². The second kappa shape index (κ2) is 7.40. The molecule has 0 atom stereocenters. The van der Waals surface area contributed by atoms with Crippen molar-refractivity contribution in [2.24, 2.45) is 5.92 Å². The van der Waals surface area contributed by atoms with Crippen molar-refractivity contribution in [2.75, 3.05) is 37.2 Å². The number of piperidine rings is 1. The molecule has 3 N–H and O–H groups in total. The normalized spacial score (nSPS) is 17.1. The standard InChI is InChI=1S/C14H26N6O/c1-4-20-7-5-11(6-8-20)9-16-13-17-12(15)18-14(19-13)21-10(2)3/h10-11H,4-9H2,1-3H3,(H3,15,16,17,18,19). The van der Waals surface area contributed by atoms with Gasteiger partial charge in [-0.05, 0) is 52.2 Å². The van der Waals surface area contributed by atoms with E-state index in [0.717, 1.165) is 13.1 Å². The van der Waals surface area contributed by atoms with Gasteiger partial charge < -0.3 is 20.7 Å². The molecular formula is C14H26N6O. The lowest BCUT2D eigenvalue weighted by atomic mass is 9.97. The van der Waals surface area contributed by atoms with Crippen molar-refractivity contribution in [1.82, 2.24) is 19.9 Å². The zero-order chi connectivity index (χ0) is 15.2. The molecule has 0 bridgehead atoms. The van der Waals surface area contributed by atoms with E-state index in [2.05, 4.69) is 32.1 Å². The van der Waals surface area contributed by atoms with Crippen LogP contribution < -0.4 is 15.8 Å². The topological polar surface area (TPSA) is 89.2 Å². The number of nitrogens with zero attached hydrogens (tertiary/aromatic N) is 4. The van der Waals surface area contributed by atoms with Gasteiger partial charge >= 0.3 is 6.01 Å². The summed E-state index contributed by atoms with van der Waals surface area (Å²) in [6, 6.07) is 0.279. The van der Waals surface area contributed by atoms with E-state index in [-0.39, 0.29) is 18.1 Å². The molecule has 1 saturated heterocycles. The number of hydrogen-bond acceptors (Lipinski definition) is 7. The van der Waals surface area contributed by atoms with E-state index in [9.17, 15) is 0 Å². The fourth-order valence-electron chi connectivity index (χ4n) is 2.46. The number of aromatic nitrogens is 3. The van der Waals surface area contributed by atoms with Gasteiger partial charge in [-0.3, -0.25) is 0 Å². The van der Waals surface area contributed by atoms with E-state index in [4.69, 9.17) is 10.5 Å². The fourth-order valence-corrected chi connectivity index (χ4v) is 2.46. The van der Waals surface area contributed by atoms with Crippen LogP contribution >= 0.6 is 0 Å². The van der Waals surface area contributed by atoms with Crippen molar-refractivity contribution in [3.63, 3.8) is 0 Å². The molecule has 0 amide bonds. The molecule has 0 aromatic carbocycles. The van der Waals surface area contributed by atoms with Crippen molar-refractivity contribution >= 4 is 11.9 Å². The van der Waals surface area contributed by atoms with Crippen molar-refractivity contribution < 1.29 is 4.74 Å². The van der Waals surface area contributed by atoms with Crippen LogP contribution in [0.5, 0.6) is 6.01 Å². The van der Waals surface area contributed by atoms with Crippen LogP contribution in [0.4, 0.5) is 11.9 Å². The van der Waals surface area contributed by atoms with Crippen LogP contribution in [0.2, 0.25) is 0 Å². The average molecular weight is 294 g/mol. The molecule has 0 unspecified atom stereocenters. The number of nitrogen functional groups attached to an aromatic ring is 1. The minimum absolute atomic E-state index is 0.0121. The van der Waals surface area contributed by atoms with E-state index < -0.39 is 0 Å². The summed E-state index contributed by atoms with van der Waals surface area (Å²) in [6.07, 6.45) is 2.42. The lowest BCUT2D eigenvalue weighted by molar-refractivity contribution is 0.198. The summed E-state index contributed by atoms with van der Waals surface area (Å²) < 4.78 is 5.47. The van der Waals surface area contributed by atoms with Crippen LogP contribution in [0.1, 0.15) is 33.6 Å². The summed E-state index contributed by atoms with van der Waals surface area (Å²) in [5, 5.41) is 3.26. The molecule has 1 aromatic heterocycles. The molecule has 1 aliphatic rings. The molecule has 21 heavy (non-hydrogen) atoms. The predicted molar refractivity (Wildman–Crippen MR) is 83.3 cm³/mol. The molecule has 2 heterocycles. The van der Waals surface area contributed by atoms with Gasteiger partial charge in [-0.1, -0.05) is 6.92 Å². The van der Waals surface area contributed by atoms with Gasteiger partial charge in [-0.2, -0.15) is 15.0 Å². The Morgan fingerprint density at radius 1 is 1.29 bits per heavy atom. The first-order valence-electron chi connectivity index (χ1n) is 7.71. The molecule has 7 heteroatoms. The zero-order valence-corrected chi connectivity index (χ0v) is 13.2. The van der Waals surface area contributed by atoms with Crippen molar-refractivity contribution in [3.8, 4) is 6.01 Å². The number of hydrogen-bond donors (Lipinski definition) is 2. The summed E-state index contributed by atoms with van der Waals surface area (Å²) in [5.41, 5.74) is 5.69. The van der Waals surface area contributed by atoms with Gasteiger partial charge in [0, 0.05) is 6.54 Å². The van der Waals surface area contributed by atoms with E-state index in [1.54, 1.807) is 0 Å². The highest BCUT2D eigenvalue weighted by Crippen LogP contribution is 2.18. The van der Waals surface area contributed by atoms with Gasteiger partial charge in [0.15, 0.2) is 0 Å². The van der Waals surface area contributed by atoms with Gasteiger partial charge in [0.2, 0.25) is 11.9 Å². The Balaban J connectivity index is 1.86. The third-order valence-corrected chi connectivity index (χ3v) is 3.68. The minimum Gasteiger partial charge on any atom is -0.461 e. The van der Waals surface area contributed by atoms with Crippen molar-refractivity contribution in [1.29, 1.82) is 0 Å². The maximum Gasteiger partial charge on any atom is 0.323 e. The third-order valence-electron chi connectivity index (χ3n) is 3.68. The predicted octanol–water partition coefficient (Wildman–Crippen LogP) is 1.38. The van der Waals surface area contributed by atoms with Crippen molar-refractivity contribution in [3.05, 3.63) is 0 Å². The van der Waals surface area contributed by atoms with Crippen LogP contribution in [0.25, 0.3) is 0 Å². The lowest BCUT2D eigenvalue weighted by Crippen LogP contribution is -2.35. The maximum absolute atomic E-state index is 5.69. The van der Waals surface area contributed by atoms with Gasteiger partial charge in [-0.15, -0.1) is 0 Å². The molecular weight excluding hydrogens is 268 g/mol. The molecule has 7 nitrogen and oxygen atoms in total. The zero-order valence-electron chi connectivity index (χ0n) is 13.2. The minimum atomic E-state index is 0.0121. The highest BCUT2D eigenvalue weighted by molar-refractivity contribution is 5.32. The fraction of sp³-hybridized carbons (Fsp3) is 0.786. The number of anilines is 2. The summed E-state index contributed by atoms with van der Waals surface area (Å²) >= 11 is 0. The monoisotopic (exact) mass is 294 g/mol. The highest BCUT2D eigenvalue weighted by atomic mass is 16.5. The third kappa shape index (κ3) is 5.00. The summed E-state index contributed by atoms with van der Waals surface area (Å²) in [7, 11) is 0. The second-order valence-corrected chi connectivity index (χ2v) is 5.72. The van der Waals surface area contributed by atoms with E-state index in [1.165, 1.54) is 25.9 Å². The Kier molecular flexibility index (Phi) is 5.55. The average Bonchev–Trinajstić information content (AvgIpc) is 2.44. The quantitative estimate of drug-likeness (QED) is 0.819. The number of ether oxygens (including phenoxy) is 1. The number of nitrogens with one attached hydrogen (secondary N) is 1. The van der Waals surface area contributed by atoms with Gasteiger partial charge in [0.25, 0.3) is 0 Å². The van der Waals surface area contributed by atoms with Gasteiger partial charge in [-0.25, -0.2) is 0 Å². The Labute approximate surface area is 126 Å². The molecule has 2 rings (SSSR count). The molecule has 1 aliphatic heterocycles. The molecule has 1 aromatic rings. The van der Waals surface area contributed by atoms with Crippen molar-refractivity contribution in [2.45, 2.75) is 39.7 Å². The summed E-state index contributed by atoms with van der Waals surface area (Å²) in [6.45, 7) is 10.4. The molecule has 0 spiro atoms. The molecule has 0 aliphatic carbocycles. The SMILES string of the molecule is CCN1CCC(CNc2nc(N)nc(OC(C)C)n2)CC1. The number of nitrogens with two attached hydrogens (primary N) is 1. The van der Waals surface area contributed by atoms with Crippen LogP contribution in [0.3, 0.4) is 0 Å². The van der Waals surface area contributed by atoms with Crippen LogP contribution in [-0.4, -0.2) is 52.1 Å². The second-order valence-electron chi connectivity index (χ2n) is 5.72. The Bertz CT molecular complexity index is 445. The van der Waals surface area contributed by atoms with Crippen LogP contribution in [0, 0.1) is 5.92 Å². The summed E-state index contributed by atoms with van der Waals surface area (Å²) in [5.74, 6) is 1.33. The Morgan fingerprint density at radius 3 is 2.62 bits per heavy atom. The summed E-state index contributed by atoms with van der Waals surface area (Å²) in [4.78, 5) is 14.8. The van der Waals surface area contributed by atoms with Gasteiger partial charge in [0.05, 0.1) is 6.10 Å². The molecule has 118 valence electrons. The van der Waals surface area contributed by atoms with E-state index in [0.29, 0.717) is 11.9 Å². The Morgan fingerprint density at radius 2 is 2.00 bits per heavy atom. The van der Waals surface area contributed by atoms with Gasteiger partial charge in [0.1, 0.15) is 0 Å². The smallest absolute Gasteiger partial charge is 0.323 e. The maximum atomic E-state index is 5.69. The molecule has 0 radical (unpaired) electrons. The lowest BCUT2D eigenvalue weighted by Gasteiger charge is -2.31. The number of rotatable bonds is 6. The molecule has 1 fully saturated rings. The van der Waals surface area contributed by atoms with E-state index >= 15 is 0 Å². The first-order chi connectivity index (χ1) is 10.1. The molecule has 0 saturated carbocycles. The first-order valence-corrected chi connectivity index (χ1v) is 7.71. The Hall–Kier alpha value is -1.63.